The Morgan fingerprint density at radius 3 is 2.79 bits per heavy atom. The number of fused-ring (bicyclic) bond motifs is 1. The van der Waals surface area contributed by atoms with Crippen molar-refractivity contribution in [2.75, 3.05) is 24.5 Å². The summed E-state index contributed by atoms with van der Waals surface area (Å²) in [7, 11) is -3.83. The van der Waals surface area contributed by atoms with Gasteiger partial charge in [0.15, 0.2) is 0 Å². The standard InChI is InChI=1S/C24H25N3O5S/c1-24(19-4-2-3-5-21(19)32-17-9-12-30-15-17)10-13-31-22-14-18(6-7-20(22)24)33(28,29)27-23-8-11-25-16-26-23/h2-8,11,14,16-17H,9-10,12-13,15H2,1H3,(H,25,26,27)/t17-,24-/m0/s1. The predicted molar refractivity (Wildman–Crippen MR) is 122 cm³/mol. The first-order valence-electron chi connectivity index (χ1n) is 10.9. The zero-order valence-electron chi connectivity index (χ0n) is 18.2. The number of hydrogen-bond donors (Lipinski definition) is 1. The lowest BCUT2D eigenvalue weighted by Gasteiger charge is -2.37. The van der Waals surface area contributed by atoms with Gasteiger partial charge in [-0.05, 0) is 24.6 Å². The molecule has 5 rings (SSSR count). The minimum absolute atomic E-state index is 0.0365. The molecule has 0 radical (unpaired) electrons. The van der Waals surface area contributed by atoms with Crippen molar-refractivity contribution in [3.63, 3.8) is 0 Å². The number of para-hydroxylation sites is 1. The highest BCUT2D eigenvalue weighted by Crippen LogP contribution is 2.47. The van der Waals surface area contributed by atoms with Crippen molar-refractivity contribution >= 4 is 15.8 Å². The maximum Gasteiger partial charge on any atom is 0.263 e. The maximum atomic E-state index is 12.9. The van der Waals surface area contributed by atoms with Gasteiger partial charge in [0.1, 0.15) is 29.7 Å². The lowest BCUT2D eigenvalue weighted by Crippen LogP contribution is -2.32. The van der Waals surface area contributed by atoms with Crippen LogP contribution >= 0.6 is 0 Å². The van der Waals surface area contributed by atoms with Gasteiger partial charge >= 0.3 is 0 Å². The summed E-state index contributed by atoms with van der Waals surface area (Å²) in [5.41, 5.74) is 1.58. The highest BCUT2D eigenvalue weighted by Gasteiger charge is 2.38. The first kappa shape index (κ1) is 21.7. The van der Waals surface area contributed by atoms with E-state index in [4.69, 9.17) is 14.2 Å². The number of ether oxygens (including phenoxy) is 3. The lowest BCUT2D eigenvalue weighted by molar-refractivity contribution is 0.139. The third kappa shape index (κ3) is 4.26. The number of benzene rings is 2. The molecule has 0 spiro atoms. The molecule has 1 fully saturated rings. The molecule has 0 saturated carbocycles. The molecule has 2 aliphatic heterocycles. The Morgan fingerprint density at radius 1 is 1.12 bits per heavy atom. The molecule has 2 aromatic carbocycles. The van der Waals surface area contributed by atoms with Crippen molar-refractivity contribution in [2.45, 2.75) is 36.2 Å². The van der Waals surface area contributed by atoms with E-state index >= 15 is 0 Å². The largest absolute Gasteiger partial charge is 0.493 e. The van der Waals surface area contributed by atoms with Crippen molar-refractivity contribution in [1.82, 2.24) is 9.97 Å². The zero-order chi connectivity index (χ0) is 22.9. The number of anilines is 1. The summed E-state index contributed by atoms with van der Waals surface area (Å²) in [6.45, 7) is 3.91. The SMILES string of the molecule is C[C@@]1(c2ccccc2O[C@H]2CCOC2)CCOc2cc(S(=O)(=O)Nc3ccncn3)ccc21. The van der Waals surface area contributed by atoms with Gasteiger partial charge in [-0.25, -0.2) is 18.4 Å². The van der Waals surface area contributed by atoms with Crippen LogP contribution in [0.4, 0.5) is 5.82 Å². The third-order valence-electron chi connectivity index (χ3n) is 6.20. The van der Waals surface area contributed by atoms with Crippen molar-refractivity contribution in [2.24, 2.45) is 0 Å². The lowest BCUT2D eigenvalue weighted by atomic mass is 9.72. The molecule has 0 amide bonds. The fraction of sp³-hybridized carbons (Fsp3) is 0.333. The van der Waals surface area contributed by atoms with Gasteiger partial charge in [0.2, 0.25) is 0 Å². The van der Waals surface area contributed by atoms with E-state index in [0.29, 0.717) is 25.6 Å². The smallest absolute Gasteiger partial charge is 0.263 e. The van der Waals surface area contributed by atoms with Gasteiger partial charge < -0.3 is 14.2 Å². The fourth-order valence-corrected chi connectivity index (χ4v) is 5.41. The second kappa shape index (κ2) is 8.64. The van der Waals surface area contributed by atoms with Crippen LogP contribution in [-0.4, -0.2) is 44.3 Å². The summed E-state index contributed by atoms with van der Waals surface area (Å²) < 4.78 is 46.0. The molecule has 9 heteroatoms. The van der Waals surface area contributed by atoms with E-state index in [1.807, 2.05) is 24.3 Å². The Hall–Kier alpha value is -3.17. The van der Waals surface area contributed by atoms with Gasteiger partial charge in [-0.2, -0.15) is 0 Å². The molecule has 2 aliphatic rings. The summed E-state index contributed by atoms with van der Waals surface area (Å²) in [5.74, 6) is 1.58. The molecule has 3 heterocycles. The molecular formula is C24H25N3O5S. The minimum atomic E-state index is -3.83. The average Bonchev–Trinajstić information content (AvgIpc) is 3.33. The number of rotatable bonds is 6. The maximum absolute atomic E-state index is 12.9. The molecule has 1 saturated heterocycles. The highest BCUT2D eigenvalue weighted by molar-refractivity contribution is 7.92. The second-order valence-electron chi connectivity index (χ2n) is 8.39. The molecule has 8 nitrogen and oxygen atoms in total. The molecule has 33 heavy (non-hydrogen) atoms. The summed E-state index contributed by atoms with van der Waals surface area (Å²) in [6.07, 6.45) is 4.41. The monoisotopic (exact) mass is 467 g/mol. The quantitative estimate of drug-likeness (QED) is 0.592. The van der Waals surface area contributed by atoms with Crippen LogP contribution in [0.3, 0.4) is 0 Å². The van der Waals surface area contributed by atoms with Crippen LogP contribution in [0, 0.1) is 0 Å². The number of sulfonamides is 1. The third-order valence-corrected chi connectivity index (χ3v) is 7.55. The van der Waals surface area contributed by atoms with E-state index in [1.165, 1.54) is 18.6 Å². The van der Waals surface area contributed by atoms with Crippen LogP contribution in [0.5, 0.6) is 11.5 Å². The summed E-state index contributed by atoms with van der Waals surface area (Å²) in [5, 5.41) is 0. The fourth-order valence-electron chi connectivity index (χ4n) is 4.38. The summed E-state index contributed by atoms with van der Waals surface area (Å²) >= 11 is 0. The van der Waals surface area contributed by atoms with E-state index in [1.54, 1.807) is 12.1 Å². The highest BCUT2D eigenvalue weighted by atomic mass is 32.2. The van der Waals surface area contributed by atoms with Gasteiger partial charge in [-0.15, -0.1) is 0 Å². The molecule has 172 valence electrons. The van der Waals surface area contributed by atoms with Gasteiger partial charge in [-0.1, -0.05) is 31.2 Å². The predicted octanol–water partition coefficient (Wildman–Crippen LogP) is 3.53. The summed E-state index contributed by atoms with van der Waals surface area (Å²) in [4.78, 5) is 7.85. The molecule has 0 bridgehead atoms. The van der Waals surface area contributed by atoms with Crippen LogP contribution in [0.15, 0.2) is 66.0 Å². The van der Waals surface area contributed by atoms with Gasteiger partial charge in [0.25, 0.3) is 10.0 Å². The molecule has 0 aliphatic carbocycles. The van der Waals surface area contributed by atoms with Gasteiger partial charge in [-0.3, -0.25) is 4.72 Å². The number of nitrogens with one attached hydrogen (secondary N) is 1. The Labute approximate surface area is 193 Å². The topological polar surface area (TPSA) is 99.6 Å². The molecule has 0 unspecified atom stereocenters. The Bertz CT molecular complexity index is 1250. The second-order valence-corrected chi connectivity index (χ2v) is 10.1. The van der Waals surface area contributed by atoms with Crippen molar-refractivity contribution in [1.29, 1.82) is 0 Å². The molecule has 1 N–H and O–H groups in total. The van der Waals surface area contributed by atoms with Crippen LogP contribution in [0.1, 0.15) is 30.9 Å². The Balaban J connectivity index is 1.49. The average molecular weight is 468 g/mol. The Morgan fingerprint density at radius 2 is 2.00 bits per heavy atom. The molecule has 2 atom stereocenters. The van der Waals surface area contributed by atoms with Gasteiger partial charge in [0, 0.05) is 35.2 Å². The van der Waals surface area contributed by atoms with Crippen LogP contribution in [-0.2, 0) is 20.2 Å². The molecular weight excluding hydrogens is 442 g/mol. The van der Waals surface area contributed by atoms with E-state index < -0.39 is 15.4 Å². The Kier molecular flexibility index (Phi) is 5.67. The van der Waals surface area contributed by atoms with Crippen LogP contribution < -0.4 is 14.2 Å². The van der Waals surface area contributed by atoms with E-state index in [-0.39, 0.29) is 16.8 Å². The normalized spacial score (nSPS) is 22.3. The molecule has 3 aromatic rings. The minimum Gasteiger partial charge on any atom is -0.493 e. The van der Waals surface area contributed by atoms with Crippen molar-refractivity contribution < 1.29 is 22.6 Å². The van der Waals surface area contributed by atoms with Crippen LogP contribution in [0.25, 0.3) is 0 Å². The number of hydrogen-bond acceptors (Lipinski definition) is 7. The zero-order valence-corrected chi connectivity index (χ0v) is 19.0. The van der Waals surface area contributed by atoms with Crippen molar-refractivity contribution in [3.8, 4) is 11.5 Å². The van der Waals surface area contributed by atoms with E-state index in [9.17, 15) is 8.42 Å². The van der Waals surface area contributed by atoms with Gasteiger partial charge in [0.05, 0.1) is 24.7 Å². The number of nitrogens with zero attached hydrogens (tertiary/aromatic N) is 2. The van der Waals surface area contributed by atoms with Crippen molar-refractivity contribution in [3.05, 3.63) is 72.2 Å². The van der Waals surface area contributed by atoms with E-state index in [2.05, 4.69) is 27.7 Å². The first-order valence-corrected chi connectivity index (χ1v) is 12.3. The first-order chi connectivity index (χ1) is 16.0. The van der Waals surface area contributed by atoms with E-state index in [0.717, 1.165) is 29.7 Å². The summed E-state index contributed by atoms with van der Waals surface area (Å²) in [6, 6.07) is 14.5. The molecule has 1 aromatic heterocycles. The van der Waals surface area contributed by atoms with Crippen LogP contribution in [0.2, 0.25) is 0 Å². The number of aromatic nitrogens is 2.